The van der Waals surface area contributed by atoms with Crippen LogP contribution in [0.4, 0.5) is 17.1 Å². The Morgan fingerprint density at radius 3 is 2.34 bits per heavy atom. The molecule has 1 aliphatic heterocycles. The van der Waals surface area contributed by atoms with Crippen molar-refractivity contribution in [2.24, 2.45) is 11.3 Å². The van der Waals surface area contributed by atoms with Gasteiger partial charge in [0.15, 0.2) is 0 Å². The van der Waals surface area contributed by atoms with Crippen molar-refractivity contribution >= 4 is 28.8 Å². The van der Waals surface area contributed by atoms with Crippen LogP contribution in [-0.2, 0) is 4.79 Å². The molecule has 0 bridgehead atoms. The van der Waals surface area contributed by atoms with Crippen molar-refractivity contribution in [3.05, 3.63) is 112 Å². The molecule has 3 aromatic rings. The number of allylic oxidation sites excluding steroid dienone is 1. The molecule has 0 saturated heterocycles. The SMILES string of the molecule is CC1(C)C=C2Nc3ccccc3N(C(=O)c3ccccc3)C(c3ccc([N+](=O)[O-])cc3)C2C(=O)C1. The minimum absolute atomic E-state index is 0.0158. The quantitative estimate of drug-likeness (QED) is 0.382. The van der Waals surface area contributed by atoms with Gasteiger partial charge in [-0.05, 0) is 35.2 Å². The Balaban J connectivity index is 1.77. The zero-order valence-corrected chi connectivity index (χ0v) is 19.5. The van der Waals surface area contributed by atoms with E-state index in [0.717, 1.165) is 11.4 Å². The molecule has 1 aliphatic carbocycles. The number of anilines is 2. The molecule has 35 heavy (non-hydrogen) atoms. The van der Waals surface area contributed by atoms with Crippen molar-refractivity contribution in [1.82, 2.24) is 0 Å². The Bertz CT molecular complexity index is 1350. The van der Waals surface area contributed by atoms with Crippen LogP contribution in [0, 0.1) is 21.4 Å². The van der Waals surface area contributed by atoms with Crippen molar-refractivity contribution < 1.29 is 14.5 Å². The Labute approximate surface area is 203 Å². The van der Waals surface area contributed by atoms with Gasteiger partial charge < -0.3 is 5.32 Å². The number of ketones is 1. The first-order chi connectivity index (χ1) is 16.7. The molecule has 1 amide bonds. The Hall–Kier alpha value is -4.26. The van der Waals surface area contributed by atoms with Crippen molar-refractivity contribution in [2.75, 3.05) is 10.2 Å². The molecule has 0 aromatic heterocycles. The molecule has 7 nitrogen and oxygen atoms in total. The fourth-order valence-corrected chi connectivity index (χ4v) is 5.09. The van der Waals surface area contributed by atoms with E-state index in [1.807, 2.05) is 44.2 Å². The minimum Gasteiger partial charge on any atom is -0.357 e. The van der Waals surface area contributed by atoms with Crippen LogP contribution in [-0.4, -0.2) is 16.6 Å². The summed E-state index contributed by atoms with van der Waals surface area (Å²) >= 11 is 0. The lowest BCUT2D eigenvalue weighted by Crippen LogP contribution is -2.43. The van der Waals surface area contributed by atoms with Gasteiger partial charge in [-0.15, -0.1) is 0 Å². The van der Waals surface area contributed by atoms with E-state index in [1.165, 1.54) is 12.1 Å². The van der Waals surface area contributed by atoms with Crippen molar-refractivity contribution in [3.63, 3.8) is 0 Å². The Morgan fingerprint density at radius 2 is 1.66 bits per heavy atom. The highest BCUT2D eigenvalue weighted by atomic mass is 16.6. The number of para-hydroxylation sites is 2. The summed E-state index contributed by atoms with van der Waals surface area (Å²) in [4.78, 5) is 40.2. The van der Waals surface area contributed by atoms with Gasteiger partial charge in [0.25, 0.3) is 11.6 Å². The number of carbonyl (C=O) groups is 2. The molecule has 2 aliphatic rings. The number of benzene rings is 3. The number of Topliss-reactive ketones (excluding diaryl/α,β-unsaturated/α-hetero) is 1. The third kappa shape index (κ3) is 4.10. The van der Waals surface area contributed by atoms with E-state index in [2.05, 4.69) is 11.4 Å². The predicted molar refractivity (Wildman–Crippen MR) is 134 cm³/mol. The van der Waals surface area contributed by atoms with Crippen molar-refractivity contribution in [3.8, 4) is 0 Å². The molecule has 1 N–H and O–H groups in total. The van der Waals surface area contributed by atoms with E-state index in [9.17, 15) is 19.7 Å². The lowest BCUT2D eigenvalue weighted by atomic mass is 9.72. The van der Waals surface area contributed by atoms with Crippen LogP contribution in [0.1, 0.15) is 42.2 Å². The first-order valence-corrected chi connectivity index (χ1v) is 11.5. The van der Waals surface area contributed by atoms with Crippen LogP contribution in [0.3, 0.4) is 0 Å². The molecule has 3 aromatic carbocycles. The zero-order valence-electron chi connectivity index (χ0n) is 19.5. The zero-order chi connectivity index (χ0) is 24.7. The molecular weight excluding hydrogens is 442 g/mol. The van der Waals surface area contributed by atoms with Gasteiger partial charge in [0.1, 0.15) is 5.78 Å². The molecule has 176 valence electrons. The van der Waals surface area contributed by atoms with Gasteiger partial charge >= 0.3 is 0 Å². The normalized spacial score (nSPS) is 20.6. The summed E-state index contributed by atoms with van der Waals surface area (Å²) in [6, 6.07) is 21.9. The molecule has 7 heteroatoms. The highest BCUT2D eigenvalue weighted by Crippen LogP contribution is 2.49. The first-order valence-electron chi connectivity index (χ1n) is 11.5. The average molecular weight is 468 g/mol. The van der Waals surface area contributed by atoms with E-state index >= 15 is 0 Å². The maximum atomic E-state index is 14.0. The monoisotopic (exact) mass is 467 g/mol. The number of rotatable bonds is 3. The first kappa shape index (κ1) is 22.5. The maximum Gasteiger partial charge on any atom is 0.269 e. The second-order valence-corrected chi connectivity index (χ2v) is 9.69. The summed E-state index contributed by atoms with van der Waals surface area (Å²) in [5, 5.41) is 14.7. The fourth-order valence-electron chi connectivity index (χ4n) is 5.09. The predicted octanol–water partition coefficient (Wildman–Crippen LogP) is 5.91. The molecule has 0 radical (unpaired) electrons. The van der Waals surface area contributed by atoms with Crippen LogP contribution < -0.4 is 10.2 Å². The van der Waals surface area contributed by atoms with Gasteiger partial charge in [0.05, 0.1) is 28.3 Å². The van der Waals surface area contributed by atoms with Crippen LogP contribution in [0.5, 0.6) is 0 Å². The van der Waals surface area contributed by atoms with Crippen LogP contribution in [0.25, 0.3) is 0 Å². The van der Waals surface area contributed by atoms with E-state index in [0.29, 0.717) is 23.2 Å². The maximum absolute atomic E-state index is 14.0. The Kier molecular flexibility index (Phi) is 5.47. The molecule has 0 saturated carbocycles. The summed E-state index contributed by atoms with van der Waals surface area (Å²) in [6.07, 6.45) is 2.40. The van der Waals surface area contributed by atoms with Crippen LogP contribution >= 0.6 is 0 Å². The number of fused-ring (bicyclic) bond motifs is 2. The van der Waals surface area contributed by atoms with Gasteiger partial charge in [0.2, 0.25) is 0 Å². The second kappa shape index (κ2) is 8.51. The fraction of sp³-hybridized carbons (Fsp3) is 0.214. The number of nitrogens with one attached hydrogen (secondary N) is 1. The highest BCUT2D eigenvalue weighted by Gasteiger charge is 2.46. The largest absolute Gasteiger partial charge is 0.357 e. The van der Waals surface area contributed by atoms with E-state index in [4.69, 9.17) is 0 Å². The molecule has 2 atom stereocenters. The number of nitro benzene ring substituents is 1. The number of hydrogen-bond donors (Lipinski definition) is 1. The topological polar surface area (TPSA) is 92.6 Å². The molecular formula is C28H25N3O4. The van der Waals surface area contributed by atoms with Gasteiger partial charge in [-0.2, -0.15) is 0 Å². The van der Waals surface area contributed by atoms with Crippen LogP contribution in [0.15, 0.2) is 90.6 Å². The van der Waals surface area contributed by atoms with Crippen molar-refractivity contribution in [2.45, 2.75) is 26.3 Å². The number of nitrogens with zero attached hydrogens (tertiary/aromatic N) is 2. The number of non-ortho nitro benzene ring substituents is 1. The standard InChI is InChI=1S/C28H25N3O4/c1-28(2)16-22-25(24(32)17-28)26(18-12-14-20(15-13-18)31(34)35)30(23-11-7-6-10-21(23)29-22)27(33)19-8-4-3-5-9-19/h3-16,25-26,29H,17H2,1-2H3. The van der Waals surface area contributed by atoms with Crippen molar-refractivity contribution in [1.29, 1.82) is 0 Å². The summed E-state index contributed by atoms with van der Waals surface area (Å²) in [5.41, 5.74) is 2.86. The van der Waals surface area contributed by atoms with Gasteiger partial charge in [-0.1, -0.05) is 62.4 Å². The molecule has 0 spiro atoms. The van der Waals surface area contributed by atoms with E-state index in [-0.39, 0.29) is 22.8 Å². The number of nitro groups is 1. The third-order valence-corrected chi connectivity index (χ3v) is 6.58. The van der Waals surface area contributed by atoms with Crippen LogP contribution in [0.2, 0.25) is 0 Å². The summed E-state index contributed by atoms with van der Waals surface area (Å²) < 4.78 is 0. The smallest absolute Gasteiger partial charge is 0.269 e. The molecule has 0 fully saturated rings. The summed E-state index contributed by atoms with van der Waals surface area (Å²) in [5.74, 6) is -0.881. The summed E-state index contributed by atoms with van der Waals surface area (Å²) in [6.45, 7) is 4.03. The molecule has 1 heterocycles. The Morgan fingerprint density at radius 1 is 1.00 bits per heavy atom. The molecule has 5 rings (SSSR count). The number of hydrogen-bond acceptors (Lipinski definition) is 5. The summed E-state index contributed by atoms with van der Waals surface area (Å²) in [7, 11) is 0. The second-order valence-electron chi connectivity index (χ2n) is 9.69. The van der Waals surface area contributed by atoms with Gasteiger partial charge in [0, 0.05) is 29.8 Å². The van der Waals surface area contributed by atoms with E-state index in [1.54, 1.807) is 41.3 Å². The third-order valence-electron chi connectivity index (χ3n) is 6.58. The molecule has 2 unspecified atom stereocenters. The lowest BCUT2D eigenvalue weighted by Gasteiger charge is -2.39. The lowest BCUT2D eigenvalue weighted by molar-refractivity contribution is -0.384. The average Bonchev–Trinajstić information content (AvgIpc) is 2.97. The minimum atomic E-state index is -0.686. The number of amides is 1. The number of carbonyl (C=O) groups excluding carboxylic acids is 2. The van der Waals surface area contributed by atoms with Gasteiger partial charge in [-0.3, -0.25) is 24.6 Å². The highest BCUT2D eigenvalue weighted by molar-refractivity contribution is 6.09. The van der Waals surface area contributed by atoms with E-state index < -0.39 is 16.9 Å². The van der Waals surface area contributed by atoms with Gasteiger partial charge in [-0.25, -0.2) is 0 Å².